The van der Waals surface area contributed by atoms with Crippen molar-refractivity contribution in [1.29, 1.82) is 0 Å². The van der Waals surface area contributed by atoms with E-state index < -0.39 is 42.9 Å². The van der Waals surface area contributed by atoms with Gasteiger partial charge in [0.1, 0.15) is 18.2 Å². The van der Waals surface area contributed by atoms with Crippen LogP contribution in [0, 0.1) is 0 Å². The normalized spacial score (nSPS) is 20.6. The van der Waals surface area contributed by atoms with Crippen LogP contribution in [0.5, 0.6) is 0 Å². The lowest BCUT2D eigenvalue weighted by Gasteiger charge is -2.49. The Hall–Kier alpha value is -4.42. The fourth-order valence-electron chi connectivity index (χ4n) is 9.81. The zero-order chi connectivity index (χ0) is 50.3. The van der Waals surface area contributed by atoms with Crippen molar-refractivity contribution in [3.05, 3.63) is 144 Å². The van der Waals surface area contributed by atoms with Crippen LogP contribution in [0.4, 0.5) is 0 Å². The molecule has 2 aliphatic heterocycles. The summed E-state index contributed by atoms with van der Waals surface area (Å²) in [6.07, 6.45) is 18.5. The molecule has 0 aromatic heterocycles. The van der Waals surface area contributed by atoms with E-state index in [0.29, 0.717) is 13.2 Å². The van der Waals surface area contributed by atoms with Crippen molar-refractivity contribution in [1.82, 2.24) is 5.32 Å². The molecule has 2 saturated heterocycles. The summed E-state index contributed by atoms with van der Waals surface area (Å²) in [5.41, 5.74) is 3.86. The molecule has 0 aliphatic carbocycles. The Labute approximate surface area is 432 Å². The largest absolute Gasteiger partial charge is 0.457 e. The number of ether oxygens (including phenoxy) is 7. The minimum Gasteiger partial charge on any atom is -0.457 e. The molecule has 10 nitrogen and oxygen atoms in total. The molecule has 1 N–H and O–H groups in total. The maximum Gasteiger partial charge on any atom is 0.308 e. The number of unbranched alkanes of at least 4 members (excludes halogenated alkanes) is 16. The topological polar surface area (TPSA) is 111 Å². The fourth-order valence-corrected chi connectivity index (χ4v) is 9.81. The molecule has 8 atom stereocenters. The van der Waals surface area contributed by atoms with E-state index in [0.717, 1.165) is 67.2 Å². The lowest BCUT2D eigenvalue weighted by molar-refractivity contribution is -0.346. The average Bonchev–Trinajstić information content (AvgIpc) is 3.41. The molecule has 0 radical (unpaired) electrons. The van der Waals surface area contributed by atoms with Crippen LogP contribution >= 0.6 is 0 Å². The SMILES string of the molecule is CCCCCCCCCCCC(CC(=O)NC1C(OCc2ccccc2)OC2COC(c3ccccc3)OC2C1OC(=O)CC(CCCCCCCCCCC)OCc1ccccc1)OCc1ccccc1. The van der Waals surface area contributed by atoms with Crippen LogP contribution in [0.2, 0.25) is 0 Å². The molecule has 10 heteroatoms. The molecule has 1 amide bonds. The van der Waals surface area contributed by atoms with E-state index >= 15 is 0 Å². The van der Waals surface area contributed by atoms with Gasteiger partial charge < -0.3 is 38.5 Å². The zero-order valence-electron chi connectivity index (χ0n) is 43.7. The number of carbonyl (C=O) groups is 2. The third-order valence-electron chi connectivity index (χ3n) is 14.0. The van der Waals surface area contributed by atoms with Crippen LogP contribution in [0.25, 0.3) is 0 Å². The monoisotopic (exact) mass is 990 g/mol. The summed E-state index contributed by atoms with van der Waals surface area (Å²) in [7, 11) is 0. The summed E-state index contributed by atoms with van der Waals surface area (Å²) in [4.78, 5) is 29.2. The van der Waals surface area contributed by atoms with E-state index in [4.69, 9.17) is 33.2 Å². The van der Waals surface area contributed by atoms with E-state index in [9.17, 15) is 9.59 Å². The molecule has 4 aromatic carbocycles. The first-order chi connectivity index (χ1) is 35.5. The molecule has 0 bridgehead atoms. The molecule has 8 unspecified atom stereocenters. The Kier molecular flexibility index (Phi) is 27.0. The average molecular weight is 990 g/mol. The smallest absolute Gasteiger partial charge is 0.308 e. The van der Waals surface area contributed by atoms with Gasteiger partial charge in [-0.2, -0.15) is 0 Å². The minimum absolute atomic E-state index is 0.0432. The van der Waals surface area contributed by atoms with Gasteiger partial charge in [-0.05, 0) is 29.5 Å². The number of fused-ring (bicyclic) bond motifs is 1. The maximum absolute atomic E-state index is 14.6. The van der Waals surface area contributed by atoms with Crippen LogP contribution < -0.4 is 5.32 Å². The quantitative estimate of drug-likeness (QED) is 0.0352. The lowest BCUT2D eigenvalue weighted by atomic mass is 9.94. The van der Waals surface area contributed by atoms with Crippen molar-refractivity contribution in [2.45, 2.75) is 224 Å². The molecule has 2 fully saturated rings. The van der Waals surface area contributed by atoms with Gasteiger partial charge in [0.15, 0.2) is 18.7 Å². The molecular formula is C62H87NO9. The van der Waals surface area contributed by atoms with E-state index in [1.165, 1.54) is 83.5 Å². The Bertz CT molecular complexity index is 2010. The third kappa shape index (κ3) is 21.2. The maximum atomic E-state index is 14.6. The molecule has 6 rings (SSSR count). The number of benzene rings is 4. The molecule has 0 spiro atoms. The van der Waals surface area contributed by atoms with Crippen molar-refractivity contribution in [3.8, 4) is 0 Å². The van der Waals surface area contributed by atoms with Crippen molar-refractivity contribution in [3.63, 3.8) is 0 Å². The summed E-state index contributed by atoms with van der Waals surface area (Å²) in [5, 5.41) is 3.28. The van der Waals surface area contributed by atoms with Gasteiger partial charge >= 0.3 is 5.97 Å². The van der Waals surface area contributed by atoms with Crippen molar-refractivity contribution < 1.29 is 42.7 Å². The minimum atomic E-state index is -0.998. The van der Waals surface area contributed by atoms with Crippen LogP contribution in [-0.4, -0.2) is 61.3 Å². The predicted molar refractivity (Wildman–Crippen MR) is 285 cm³/mol. The van der Waals surface area contributed by atoms with Crippen LogP contribution in [0.1, 0.15) is 184 Å². The summed E-state index contributed by atoms with van der Waals surface area (Å²) in [6, 6.07) is 38.8. The molecule has 2 heterocycles. The highest BCUT2D eigenvalue weighted by Gasteiger charge is 2.53. The van der Waals surface area contributed by atoms with E-state index in [1.54, 1.807) is 0 Å². The van der Waals surface area contributed by atoms with Crippen LogP contribution in [0.15, 0.2) is 121 Å². The van der Waals surface area contributed by atoms with Crippen molar-refractivity contribution in [2.75, 3.05) is 6.61 Å². The standard InChI is InChI=1S/C62H87NO9/c1-3-5-7-9-11-13-15-17-31-41-53(66-45-49-33-23-19-24-34-49)43-56(64)63-58-60(71-57(65)44-54(67-46-50-35-25-20-26-36-50)42-32-18-16-14-12-10-8-6-4-2)59-55(48-69-61(72-59)52-39-29-22-30-40-52)70-62(58)68-47-51-37-27-21-28-38-51/h19-30,33-40,53-55,58-62H,3-18,31-32,41-48H2,1-2H3,(H,63,64). The van der Waals surface area contributed by atoms with Gasteiger partial charge in [0, 0.05) is 5.56 Å². The zero-order valence-corrected chi connectivity index (χ0v) is 43.7. The fraction of sp³-hybridized carbons (Fsp3) is 0.581. The highest BCUT2D eigenvalue weighted by molar-refractivity contribution is 5.77. The second-order valence-corrected chi connectivity index (χ2v) is 20.0. The first-order valence-corrected chi connectivity index (χ1v) is 27.9. The Morgan fingerprint density at radius 1 is 0.542 bits per heavy atom. The summed E-state index contributed by atoms with van der Waals surface area (Å²) >= 11 is 0. The molecule has 0 saturated carbocycles. The van der Waals surface area contributed by atoms with E-state index in [1.807, 2.05) is 121 Å². The van der Waals surface area contributed by atoms with Crippen LogP contribution in [0.3, 0.4) is 0 Å². The Morgan fingerprint density at radius 3 is 1.49 bits per heavy atom. The van der Waals surface area contributed by atoms with E-state index in [2.05, 4.69) is 19.2 Å². The number of rotatable bonds is 36. The summed E-state index contributed by atoms with van der Waals surface area (Å²) in [6.45, 7) is 5.66. The third-order valence-corrected chi connectivity index (χ3v) is 14.0. The first-order valence-electron chi connectivity index (χ1n) is 27.9. The van der Waals surface area contributed by atoms with E-state index in [-0.39, 0.29) is 44.2 Å². The van der Waals surface area contributed by atoms with Gasteiger partial charge in [0.25, 0.3) is 0 Å². The van der Waals surface area contributed by atoms with Gasteiger partial charge in [-0.3, -0.25) is 9.59 Å². The van der Waals surface area contributed by atoms with Gasteiger partial charge in [-0.1, -0.05) is 251 Å². The lowest BCUT2D eigenvalue weighted by Crippen LogP contribution is -2.67. The highest BCUT2D eigenvalue weighted by Crippen LogP contribution is 2.37. The molecule has 394 valence electrons. The second-order valence-electron chi connectivity index (χ2n) is 20.0. The first kappa shape index (κ1) is 56.9. The van der Waals surface area contributed by atoms with Gasteiger partial charge in [-0.15, -0.1) is 0 Å². The van der Waals surface area contributed by atoms with Crippen molar-refractivity contribution in [2.24, 2.45) is 0 Å². The number of esters is 1. The van der Waals surface area contributed by atoms with Gasteiger partial charge in [-0.25, -0.2) is 0 Å². The van der Waals surface area contributed by atoms with Crippen LogP contribution in [-0.2, 0) is 62.6 Å². The second kappa shape index (κ2) is 34.1. The number of carbonyl (C=O) groups excluding carboxylic acids is 2. The van der Waals surface area contributed by atoms with Crippen molar-refractivity contribution >= 4 is 11.9 Å². The Morgan fingerprint density at radius 2 is 0.986 bits per heavy atom. The number of hydrogen-bond donors (Lipinski definition) is 1. The summed E-state index contributed by atoms with van der Waals surface area (Å²) in [5.74, 6) is -0.678. The Balaban J connectivity index is 1.20. The molecule has 4 aromatic rings. The number of hydrogen-bond acceptors (Lipinski definition) is 9. The predicted octanol–water partition coefficient (Wildman–Crippen LogP) is 14.2. The van der Waals surface area contributed by atoms with Gasteiger partial charge in [0.05, 0.1) is 51.5 Å². The highest BCUT2D eigenvalue weighted by atomic mass is 16.8. The molecule has 72 heavy (non-hydrogen) atoms. The number of nitrogens with one attached hydrogen (secondary N) is 1. The summed E-state index contributed by atoms with van der Waals surface area (Å²) < 4.78 is 46.1. The number of amides is 1. The van der Waals surface area contributed by atoms with Gasteiger partial charge in [0.2, 0.25) is 5.91 Å². The molecular weight excluding hydrogens is 903 g/mol. The molecule has 2 aliphatic rings.